The van der Waals surface area contributed by atoms with Crippen molar-refractivity contribution in [2.45, 2.75) is 32.5 Å². The van der Waals surface area contributed by atoms with E-state index in [4.69, 9.17) is 15.2 Å². The second-order valence-corrected chi connectivity index (χ2v) is 5.24. The number of anilines is 1. The van der Waals surface area contributed by atoms with Gasteiger partial charge in [-0.05, 0) is 13.8 Å². The summed E-state index contributed by atoms with van der Waals surface area (Å²) in [6.07, 6.45) is 3.04. The largest absolute Gasteiger partial charge is 0.461 e. The summed E-state index contributed by atoms with van der Waals surface area (Å²) in [7, 11) is 0. The first-order valence-corrected chi connectivity index (χ1v) is 6.84. The Morgan fingerprint density at radius 3 is 3.10 bits per heavy atom. The van der Waals surface area contributed by atoms with Gasteiger partial charge in [0.15, 0.2) is 0 Å². The molecule has 2 N–H and O–H groups in total. The maximum absolute atomic E-state index is 11.7. The van der Waals surface area contributed by atoms with Crippen LogP contribution >= 0.6 is 0 Å². The molecule has 1 unspecified atom stereocenters. The first kappa shape index (κ1) is 14.8. The maximum atomic E-state index is 11.7. The van der Waals surface area contributed by atoms with Gasteiger partial charge in [0.05, 0.1) is 18.5 Å². The minimum absolute atomic E-state index is 0.0576. The van der Waals surface area contributed by atoms with Crippen LogP contribution in [0.1, 0.15) is 13.8 Å². The molecule has 0 bridgehead atoms. The molecule has 1 aliphatic heterocycles. The van der Waals surface area contributed by atoms with Crippen molar-refractivity contribution in [3.63, 3.8) is 0 Å². The van der Waals surface area contributed by atoms with Crippen LogP contribution in [-0.4, -0.2) is 59.1 Å². The van der Waals surface area contributed by atoms with Crippen molar-refractivity contribution >= 4 is 11.7 Å². The van der Waals surface area contributed by atoms with Gasteiger partial charge in [0.2, 0.25) is 0 Å². The minimum atomic E-state index is -0.335. The number of morpholine rings is 1. The highest BCUT2D eigenvalue weighted by atomic mass is 16.6. The van der Waals surface area contributed by atoms with Crippen LogP contribution in [0.25, 0.3) is 0 Å². The van der Waals surface area contributed by atoms with Crippen molar-refractivity contribution in [2.75, 3.05) is 32.0 Å². The average Bonchev–Trinajstić information content (AvgIpc) is 2.82. The monoisotopic (exact) mass is 282 g/mol. The number of hydrogen-bond donors (Lipinski definition) is 1. The summed E-state index contributed by atoms with van der Waals surface area (Å²) >= 11 is 0. The molecule has 7 heteroatoms. The van der Waals surface area contributed by atoms with Crippen molar-refractivity contribution in [2.24, 2.45) is 0 Å². The fraction of sp³-hybridized carbons (Fsp3) is 0.692. The molecule has 1 aromatic rings. The number of ether oxygens (including phenoxy) is 2. The average molecular weight is 282 g/mol. The van der Waals surface area contributed by atoms with Gasteiger partial charge in [-0.1, -0.05) is 0 Å². The first-order valence-electron chi connectivity index (χ1n) is 6.84. The van der Waals surface area contributed by atoms with E-state index in [2.05, 4.69) is 23.8 Å². The van der Waals surface area contributed by atoms with Crippen LogP contribution in [-0.2, 0) is 20.8 Å². The third-order valence-electron chi connectivity index (χ3n) is 3.28. The summed E-state index contributed by atoms with van der Waals surface area (Å²) in [5.74, 6) is -0.335. The maximum Gasteiger partial charge on any atom is 0.327 e. The Morgan fingerprint density at radius 2 is 2.45 bits per heavy atom. The molecule has 0 aliphatic carbocycles. The van der Waals surface area contributed by atoms with Crippen LogP contribution in [0.2, 0.25) is 0 Å². The summed E-state index contributed by atoms with van der Waals surface area (Å²) in [6, 6.07) is 0.476. The van der Waals surface area contributed by atoms with Crippen LogP contribution in [0.4, 0.5) is 5.69 Å². The fourth-order valence-electron chi connectivity index (χ4n) is 2.14. The van der Waals surface area contributed by atoms with Gasteiger partial charge in [-0.25, -0.2) is 0 Å². The molecule has 1 fully saturated rings. The van der Waals surface area contributed by atoms with Crippen molar-refractivity contribution in [3.05, 3.63) is 12.4 Å². The van der Waals surface area contributed by atoms with E-state index in [1.54, 1.807) is 6.20 Å². The van der Waals surface area contributed by atoms with Crippen LogP contribution in [0.3, 0.4) is 0 Å². The lowest BCUT2D eigenvalue weighted by Crippen LogP contribution is -2.47. The Morgan fingerprint density at radius 1 is 1.65 bits per heavy atom. The summed E-state index contributed by atoms with van der Waals surface area (Å²) in [5.41, 5.74) is 6.06. The number of carbonyl (C=O) groups excluding carboxylic acids is 1. The fourth-order valence-corrected chi connectivity index (χ4v) is 2.14. The van der Waals surface area contributed by atoms with E-state index in [1.165, 1.54) is 10.9 Å². The van der Waals surface area contributed by atoms with E-state index in [1.807, 2.05) is 0 Å². The lowest BCUT2D eigenvalue weighted by molar-refractivity contribution is -0.151. The molecule has 0 aromatic carbocycles. The number of hydrogen-bond acceptors (Lipinski definition) is 6. The second kappa shape index (κ2) is 6.71. The molecule has 7 nitrogen and oxygen atoms in total. The molecule has 0 spiro atoms. The number of carbonyl (C=O) groups is 1. The zero-order valence-corrected chi connectivity index (χ0v) is 12.0. The zero-order valence-electron chi connectivity index (χ0n) is 12.0. The second-order valence-electron chi connectivity index (χ2n) is 5.24. The molecule has 0 saturated carbocycles. The van der Waals surface area contributed by atoms with Crippen molar-refractivity contribution in [3.8, 4) is 0 Å². The van der Waals surface area contributed by atoms with Gasteiger partial charge in [-0.15, -0.1) is 0 Å². The number of nitrogens with zero attached hydrogens (tertiary/aromatic N) is 3. The third kappa shape index (κ3) is 4.21. The number of nitrogen functional groups attached to an aromatic ring is 1. The smallest absolute Gasteiger partial charge is 0.327 e. The number of rotatable bonds is 5. The predicted octanol–water partition coefficient (Wildman–Crippen LogP) is 0.118. The predicted molar refractivity (Wildman–Crippen MR) is 74.0 cm³/mol. The molecular formula is C13H22N4O3. The summed E-state index contributed by atoms with van der Waals surface area (Å²) in [4.78, 5) is 14.0. The molecule has 20 heavy (non-hydrogen) atoms. The van der Waals surface area contributed by atoms with Gasteiger partial charge in [-0.3, -0.25) is 14.4 Å². The first-order chi connectivity index (χ1) is 9.54. The van der Waals surface area contributed by atoms with Crippen molar-refractivity contribution in [1.29, 1.82) is 0 Å². The Bertz CT molecular complexity index is 447. The van der Waals surface area contributed by atoms with Crippen LogP contribution in [0, 0.1) is 0 Å². The van der Waals surface area contributed by atoms with Crippen LogP contribution < -0.4 is 5.73 Å². The molecule has 2 rings (SSSR count). The van der Waals surface area contributed by atoms with Crippen LogP contribution in [0.15, 0.2) is 12.4 Å². The molecule has 1 saturated heterocycles. The molecule has 112 valence electrons. The minimum Gasteiger partial charge on any atom is -0.461 e. The van der Waals surface area contributed by atoms with Gasteiger partial charge in [0.25, 0.3) is 0 Å². The normalized spacial score (nSPS) is 20.2. The molecular weight excluding hydrogens is 260 g/mol. The van der Waals surface area contributed by atoms with Gasteiger partial charge in [0.1, 0.15) is 19.3 Å². The van der Waals surface area contributed by atoms with E-state index in [0.29, 0.717) is 18.3 Å². The van der Waals surface area contributed by atoms with Crippen molar-refractivity contribution in [1.82, 2.24) is 14.7 Å². The number of esters is 1. The van der Waals surface area contributed by atoms with Gasteiger partial charge in [-0.2, -0.15) is 5.10 Å². The van der Waals surface area contributed by atoms with Gasteiger partial charge in [0, 0.05) is 25.3 Å². The standard InChI is InChI=1S/C13H22N4O3/c1-10(2)16-3-4-19-12(7-16)9-20-13(18)8-17-6-11(14)5-15-17/h5-6,10,12H,3-4,7-9,14H2,1-2H3. The highest BCUT2D eigenvalue weighted by molar-refractivity contribution is 5.69. The lowest BCUT2D eigenvalue weighted by atomic mass is 10.2. The van der Waals surface area contributed by atoms with E-state index in [9.17, 15) is 4.79 Å². The molecule has 0 radical (unpaired) electrons. The Kier molecular flexibility index (Phi) is 4.97. The summed E-state index contributed by atoms with van der Waals surface area (Å²) < 4.78 is 12.3. The van der Waals surface area contributed by atoms with Crippen LogP contribution in [0.5, 0.6) is 0 Å². The molecule has 1 aromatic heterocycles. The van der Waals surface area contributed by atoms with Gasteiger partial charge < -0.3 is 15.2 Å². The third-order valence-corrected chi connectivity index (χ3v) is 3.28. The lowest BCUT2D eigenvalue weighted by Gasteiger charge is -2.35. The summed E-state index contributed by atoms with van der Waals surface area (Å²) in [6.45, 7) is 7.04. The van der Waals surface area contributed by atoms with Crippen molar-refractivity contribution < 1.29 is 14.3 Å². The van der Waals surface area contributed by atoms with E-state index >= 15 is 0 Å². The molecule has 2 heterocycles. The van der Waals surface area contributed by atoms with Gasteiger partial charge >= 0.3 is 5.97 Å². The number of nitrogens with two attached hydrogens (primary N) is 1. The molecule has 1 atom stereocenters. The molecule has 1 aliphatic rings. The Hall–Kier alpha value is -1.60. The van der Waals surface area contributed by atoms with E-state index in [0.717, 1.165) is 13.1 Å². The van der Waals surface area contributed by atoms with E-state index < -0.39 is 0 Å². The zero-order chi connectivity index (χ0) is 14.5. The highest BCUT2D eigenvalue weighted by Gasteiger charge is 2.23. The number of aromatic nitrogens is 2. The Balaban J connectivity index is 1.73. The van der Waals surface area contributed by atoms with E-state index in [-0.39, 0.29) is 25.2 Å². The molecule has 0 amide bonds. The quantitative estimate of drug-likeness (QED) is 0.772. The highest BCUT2D eigenvalue weighted by Crippen LogP contribution is 2.09. The SMILES string of the molecule is CC(C)N1CCOC(COC(=O)Cn2cc(N)cn2)C1. The Labute approximate surface area is 118 Å². The summed E-state index contributed by atoms with van der Waals surface area (Å²) in [5, 5.41) is 3.94. The topological polar surface area (TPSA) is 82.6 Å².